The average Bonchev–Trinajstić information content (AvgIpc) is 2.54. The molecule has 0 bridgehead atoms. The Balaban J connectivity index is 1.82. The van der Waals surface area contributed by atoms with E-state index in [0.717, 1.165) is 25.9 Å². The lowest BCUT2D eigenvalue weighted by molar-refractivity contribution is -0.123. The third-order valence-electron chi connectivity index (χ3n) is 4.51. The zero-order valence-electron chi connectivity index (χ0n) is 13.3. The number of fused-ring (bicyclic) bond motifs is 1. The second-order valence-corrected chi connectivity index (χ2v) is 6.07. The van der Waals surface area contributed by atoms with Gasteiger partial charge in [-0.2, -0.15) is 0 Å². The Labute approximate surface area is 128 Å². The molecule has 0 aromatic heterocycles. The smallest absolute Gasteiger partial charge is 0.237 e. The van der Waals surface area contributed by atoms with Crippen LogP contribution in [-0.2, 0) is 17.8 Å². The molecule has 2 atom stereocenters. The Hall–Kier alpha value is -1.35. The molecule has 21 heavy (non-hydrogen) atoms. The quantitative estimate of drug-likeness (QED) is 0.809. The molecule has 0 saturated heterocycles. The zero-order chi connectivity index (χ0) is 15.1. The van der Waals surface area contributed by atoms with Crippen molar-refractivity contribution in [2.45, 2.75) is 58.5 Å². The van der Waals surface area contributed by atoms with Crippen LogP contribution in [0, 0.1) is 5.92 Å². The van der Waals surface area contributed by atoms with Crippen LogP contribution in [0.3, 0.4) is 0 Å². The molecule has 2 N–H and O–H groups in total. The van der Waals surface area contributed by atoms with Crippen molar-refractivity contribution in [3.8, 4) is 0 Å². The lowest BCUT2D eigenvalue weighted by Gasteiger charge is -2.26. The minimum absolute atomic E-state index is 0.0800. The maximum atomic E-state index is 12.3. The van der Waals surface area contributed by atoms with Crippen molar-refractivity contribution in [3.63, 3.8) is 0 Å². The van der Waals surface area contributed by atoms with Crippen molar-refractivity contribution in [2.24, 2.45) is 5.92 Å². The fourth-order valence-corrected chi connectivity index (χ4v) is 2.95. The number of benzene rings is 1. The topological polar surface area (TPSA) is 41.1 Å². The van der Waals surface area contributed by atoms with E-state index in [9.17, 15) is 4.79 Å². The number of hydrogen-bond donors (Lipinski definition) is 2. The van der Waals surface area contributed by atoms with Gasteiger partial charge < -0.3 is 10.6 Å². The van der Waals surface area contributed by atoms with E-state index in [1.165, 1.54) is 30.4 Å². The van der Waals surface area contributed by atoms with Crippen molar-refractivity contribution < 1.29 is 4.79 Å². The van der Waals surface area contributed by atoms with Crippen LogP contribution in [0.25, 0.3) is 0 Å². The molecule has 0 fully saturated rings. The number of rotatable bonds is 7. The summed E-state index contributed by atoms with van der Waals surface area (Å²) in [4.78, 5) is 12.3. The summed E-state index contributed by atoms with van der Waals surface area (Å²) in [6.45, 7) is 6.03. The van der Waals surface area contributed by atoms with Crippen LogP contribution in [0.5, 0.6) is 0 Å². The first kappa shape index (κ1) is 16.0. The summed E-state index contributed by atoms with van der Waals surface area (Å²) in [5.41, 5.74) is 2.62. The average molecular weight is 288 g/mol. The van der Waals surface area contributed by atoms with E-state index in [2.05, 4.69) is 48.7 Å². The number of carbonyl (C=O) groups is 1. The van der Waals surface area contributed by atoms with Gasteiger partial charge in [-0.3, -0.25) is 4.79 Å². The monoisotopic (exact) mass is 288 g/mol. The van der Waals surface area contributed by atoms with Gasteiger partial charge in [-0.15, -0.1) is 0 Å². The molecule has 0 spiro atoms. The minimum atomic E-state index is -0.0800. The second-order valence-electron chi connectivity index (χ2n) is 6.07. The maximum absolute atomic E-state index is 12.3. The van der Waals surface area contributed by atoms with E-state index in [4.69, 9.17) is 0 Å². The van der Waals surface area contributed by atoms with E-state index < -0.39 is 0 Å². The molecule has 1 heterocycles. The Morgan fingerprint density at radius 3 is 2.81 bits per heavy atom. The molecular formula is C18H28N2O. The van der Waals surface area contributed by atoms with Gasteiger partial charge in [-0.1, -0.05) is 57.4 Å². The lowest BCUT2D eigenvalue weighted by atomic mass is 9.95. The van der Waals surface area contributed by atoms with E-state index in [0.29, 0.717) is 5.92 Å². The van der Waals surface area contributed by atoms with Crippen LogP contribution in [-0.4, -0.2) is 18.5 Å². The minimum Gasteiger partial charge on any atom is -0.354 e. The van der Waals surface area contributed by atoms with Crippen LogP contribution < -0.4 is 10.6 Å². The summed E-state index contributed by atoms with van der Waals surface area (Å²) >= 11 is 0. The molecule has 116 valence electrons. The van der Waals surface area contributed by atoms with Crippen LogP contribution in [0.2, 0.25) is 0 Å². The highest BCUT2D eigenvalue weighted by molar-refractivity contribution is 5.82. The van der Waals surface area contributed by atoms with E-state index >= 15 is 0 Å². The van der Waals surface area contributed by atoms with Gasteiger partial charge in [0.1, 0.15) is 0 Å². The normalized spacial score (nSPS) is 18.9. The first-order valence-corrected chi connectivity index (χ1v) is 8.32. The number of hydrogen-bond acceptors (Lipinski definition) is 2. The Bertz CT molecular complexity index is 458. The van der Waals surface area contributed by atoms with Crippen LogP contribution in [0.15, 0.2) is 24.3 Å². The van der Waals surface area contributed by atoms with Gasteiger partial charge in [0.05, 0.1) is 6.04 Å². The molecule has 1 aromatic carbocycles. The highest BCUT2D eigenvalue weighted by Gasteiger charge is 2.23. The molecule has 0 aliphatic carbocycles. The Kier molecular flexibility index (Phi) is 6.24. The van der Waals surface area contributed by atoms with Crippen molar-refractivity contribution in [3.05, 3.63) is 35.4 Å². The zero-order valence-corrected chi connectivity index (χ0v) is 13.3. The van der Waals surface area contributed by atoms with Gasteiger partial charge in [-0.05, 0) is 29.9 Å². The van der Waals surface area contributed by atoms with Gasteiger partial charge in [0.25, 0.3) is 0 Å². The summed E-state index contributed by atoms with van der Waals surface area (Å²) in [5.74, 6) is 0.768. The highest BCUT2D eigenvalue weighted by Crippen LogP contribution is 2.16. The van der Waals surface area contributed by atoms with Crippen molar-refractivity contribution in [2.75, 3.05) is 6.54 Å². The van der Waals surface area contributed by atoms with E-state index in [1.807, 2.05) is 0 Å². The molecule has 1 amide bonds. The SMILES string of the molecule is CCCCC(CC)CNC(=O)[C@H]1Cc2ccccc2CN1. The first-order valence-electron chi connectivity index (χ1n) is 8.32. The molecule has 0 saturated carbocycles. The van der Waals surface area contributed by atoms with Crippen LogP contribution in [0.1, 0.15) is 50.7 Å². The van der Waals surface area contributed by atoms with E-state index in [-0.39, 0.29) is 11.9 Å². The van der Waals surface area contributed by atoms with Gasteiger partial charge in [0, 0.05) is 13.1 Å². The molecule has 1 aromatic rings. The summed E-state index contributed by atoms with van der Waals surface area (Å²) in [5, 5.41) is 6.49. The van der Waals surface area contributed by atoms with E-state index in [1.54, 1.807) is 0 Å². The maximum Gasteiger partial charge on any atom is 0.237 e. The fourth-order valence-electron chi connectivity index (χ4n) is 2.95. The van der Waals surface area contributed by atoms with Gasteiger partial charge in [0.2, 0.25) is 5.91 Å². The largest absolute Gasteiger partial charge is 0.354 e. The standard InChI is InChI=1S/C18H28N2O/c1-3-5-8-14(4-2)12-20-18(21)17-11-15-9-6-7-10-16(15)13-19-17/h6-7,9-10,14,17,19H,3-5,8,11-13H2,1-2H3,(H,20,21)/t14?,17-/m1/s1. The fraction of sp³-hybridized carbons (Fsp3) is 0.611. The molecule has 1 aliphatic rings. The number of amides is 1. The molecule has 0 radical (unpaired) electrons. The third-order valence-corrected chi connectivity index (χ3v) is 4.51. The van der Waals surface area contributed by atoms with Gasteiger partial charge >= 0.3 is 0 Å². The van der Waals surface area contributed by atoms with Crippen LogP contribution in [0.4, 0.5) is 0 Å². The second kappa shape index (κ2) is 8.18. The number of unbranched alkanes of at least 4 members (excludes halogenated alkanes) is 1. The van der Waals surface area contributed by atoms with Crippen molar-refractivity contribution in [1.29, 1.82) is 0 Å². The highest BCUT2D eigenvalue weighted by atomic mass is 16.2. The molecule has 1 aliphatic heterocycles. The molecular weight excluding hydrogens is 260 g/mol. The molecule has 3 nitrogen and oxygen atoms in total. The van der Waals surface area contributed by atoms with Crippen LogP contribution >= 0.6 is 0 Å². The Morgan fingerprint density at radius 2 is 2.10 bits per heavy atom. The summed E-state index contributed by atoms with van der Waals surface area (Å²) in [7, 11) is 0. The first-order chi connectivity index (χ1) is 10.2. The summed E-state index contributed by atoms with van der Waals surface area (Å²) < 4.78 is 0. The summed E-state index contributed by atoms with van der Waals surface area (Å²) in [6, 6.07) is 8.29. The van der Waals surface area contributed by atoms with Gasteiger partial charge in [-0.25, -0.2) is 0 Å². The third kappa shape index (κ3) is 4.57. The van der Waals surface area contributed by atoms with Crippen molar-refractivity contribution >= 4 is 5.91 Å². The lowest BCUT2D eigenvalue weighted by Crippen LogP contribution is -2.48. The number of carbonyl (C=O) groups excluding carboxylic acids is 1. The molecule has 1 unspecified atom stereocenters. The van der Waals surface area contributed by atoms with Gasteiger partial charge in [0.15, 0.2) is 0 Å². The molecule has 2 rings (SSSR count). The number of nitrogens with one attached hydrogen (secondary N) is 2. The Morgan fingerprint density at radius 1 is 1.33 bits per heavy atom. The molecule has 3 heteroatoms. The van der Waals surface area contributed by atoms with Crippen molar-refractivity contribution in [1.82, 2.24) is 10.6 Å². The predicted octanol–water partition coefficient (Wildman–Crippen LogP) is 3.03. The summed E-state index contributed by atoms with van der Waals surface area (Å²) in [6.07, 6.45) is 5.64. The predicted molar refractivity (Wildman–Crippen MR) is 87.1 cm³/mol.